The maximum absolute atomic E-state index is 10.8. The van der Waals surface area contributed by atoms with E-state index >= 15 is 0 Å². The van der Waals surface area contributed by atoms with E-state index in [0.29, 0.717) is 13.2 Å². The first-order chi connectivity index (χ1) is 10.2. The van der Waals surface area contributed by atoms with Crippen molar-refractivity contribution >= 4 is 16.7 Å². The van der Waals surface area contributed by atoms with Crippen molar-refractivity contribution in [1.29, 1.82) is 0 Å². The van der Waals surface area contributed by atoms with E-state index in [1.807, 2.05) is 24.5 Å². The summed E-state index contributed by atoms with van der Waals surface area (Å²) in [5.41, 5.74) is 1.17. The number of hydrogen-bond donors (Lipinski definition) is 1. The van der Waals surface area contributed by atoms with Gasteiger partial charge in [0.2, 0.25) is 0 Å². The smallest absolute Gasteiger partial charge is 0.306 e. The van der Waals surface area contributed by atoms with Crippen LogP contribution in [0.4, 0.5) is 0 Å². The number of ether oxygens (including phenoxy) is 1. The standard InChI is InChI=1S/C16H18N2O3/c19-16(20)7-14-11-18(5-6-21-14)10-13-9-17-8-12-3-1-2-4-15(12)13/h1-4,8-9,14H,5-7,10-11H2,(H,19,20). The summed E-state index contributed by atoms with van der Waals surface area (Å²) in [6.07, 6.45) is 3.60. The number of carboxylic acid groups (broad SMARTS) is 1. The van der Waals surface area contributed by atoms with Crippen molar-refractivity contribution in [2.45, 2.75) is 19.1 Å². The first-order valence-electron chi connectivity index (χ1n) is 7.10. The zero-order valence-corrected chi connectivity index (χ0v) is 11.7. The highest BCUT2D eigenvalue weighted by Gasteiger charge is 2.23. The Bertz CT molecular complexity index is 639. The first-order valence-corrected chi connectivity index (χ1v) is 7.10. The average molecular weight is 286 g/mol. The fraction of sp³-hybridized carbons (Fsp3) is 0.375. The number of aliphatic carboxylic acids is 1. The SMILES string of the molecule is O=C(O)CC1CN(Cc2cncc3ccccc23)CCO1. The monoisotopic (exact) mass is 286 g/mol. The van der Waals surface area contributed by atoms with Crippen LogP contribution in [0.15, 0.2) is 36.7 Å². The van der Waals surface area contributed by atoms with E-state index in [1.165, 1.54) is 10.9 Å². The number of hydrogen-bond acceptors (Lipinski definition) is 4. The molecule has 2 aromatic rings. The Morgan fingerprint density at radius 3 is 3.10 bits per heavy atom. The van der Waals surface area contributed by atoms with E-state index < -0.39 is 5.97 Å². The Labute approximate surface area is 123 Å². The zero-order chi connectivity index (χ0) is 14.7. The quantitative estimate of drug-likeness (QED) is 0.930. The van der Waals surface area contributed by atoms with Crippen LogP contribution in [0.1, 0.15) is 12.0 Å². The van der Waals surface area contributed by atoms with E-state index in [2.05, 4.69) is 22.0 Å². The van der Waals surface area contributed by atoms with Crippen molar-refractivity contribution in [3.05, 3.63) is 42.2 Å². The van der Waals surface area contributed by atoms with Gasteiger partial charge in [-0.2, -0.15) is 0 Å². The summed E-state index contributed by atoms with van der Waals surface area (Å²) in [4.78, 5) is 17.3. The molecule has 0 bridgehead atoms. The first kappa shape index (κ1) is 14.0. The molecule has 1 aliphatic heterocycles. The minimum Gasteiger partial charge on any atom is -0.481 e. The lowest BCUT2D eigenvalue weighted by Gasteiger charge is -2.32. The summed E-state index contributed by atoms with van der Waals surface area (Å²) < 4.78 is 5.51. The normalized spacial score (nSPS) is 19.7. The van der Waals surface area contributed by atoms with Crippen molar-refractivity contribution < 1.29 is 14.6 Å². The predicted octanol–water partition coefficient (Wildman–Crippen LogP) is 1.91. The number of aromatic nitrogens is 1. The number of nitrogens with zero attached hydrogens (tertiary/aromatic N) is 2. The Kier molecular flexibility index (Phi) is 4.13. The fourth-order valence-corrected chi connectivity index (χ4v) is 2.79. The highest BCUT2D eigenvalue weighted by Crippen LogP contribution is 2.20. The molecule has 0 aliphatic carbocycles. The van der Waals surface area contributed by atoms with Crippen molar-refractivity contribution in [3.8, 4) is 0 Å². The molecule has 1 aromatic heterocycles. The molecular weight excluding hydrogens is 268 g/mol. The Morgan fingerprint density at radius 2 is 2.24 bits per heavy atom. The number of fused-ring (bicyclic) bond motifs is 1. The largest absolute Gasteiger partial charge is 0.481 e. The molecule has 0 amide bonds. The summed E-state index contributed by atoms with van der Waals surface area (Å²) in [6.45, 7) is 2.82. The van der Waals surface area contributed by atoms with Crippen molar-refractivity contribution in [2.24, 2.45) is 0 Å². The van der Waals surface area contributed by atoms with Crippen molar-refractivity contribution in [1.82, 2.24) is 9.88 Å². The van der Waals surface area contributed by atoms with Crippen LogP contribution in [-0.4, -0.2) is 46.8 Å². The zero-order valence-electron chi connectivity index (χ0n) is 11.7. The number of benzene rings is 1. The summed E-state index contributed by atoms with van der Waals surface area (Å²) in [5.74, 6) is -0.811. The summed E-state index contributed by atoms with van der Waals surface area (Å²) in [7, 11) is 0. The maximum atomic E-state index is 10.8. The lowest BCUT2D eigenvalue weighted by molar-refractivity contribution is -0.142. The second-order valence-corrected chi connectivity index (χ2v) is 5.35. The van der Waals surface area contributed by atoms with Gasteiger partial charge in [0.25, 0.3) is 0 Å². The average Bonchev–Trinajstić information content (AvgIpc) is 2.47. The van der Waals surface area contributed by atoms with Gasteiger partial charge in [0.05, 0.1) is 19.1 Å². The van der Waals surface area contributed by atoms with Crippen molar-refractivity contribution in [2.75, 3.05) is 19.7 Å². The number of carbonyl (C=O) groups is 1. The predicted molar refractivity (Wildman–Crippen MR) is 79.0 cm³/mol. The van der Waals surface area contributed by atoms with Gasteiger partial charge in [0.1, 0.15) is 0 Å². The Morgan fingerprint density at radius 1 is 1.38 bits per heavy atom. The van der Waals surface area contributed by atoms with Gasteiger partial charge in [-0.05, 0) is 10.9 Å². The molecule has 1 N–H and O–H groups in total. The molecular formula is C16H18N2O3. The molecule has 110 valence electrons. The molecule has 1 aromatic carbocycles. The van der Waals surface area contributed by atoms with Crippen LogP contribution in [0.25, 0.3) is 10.8 Å². The second-order valence-electron chi connectivity index (χ2n) is 5.35. The molecule has 1 unspecified atom stereocenters. The van der Waals surface area contributed by atoms with E-state index in [1.54, 1.807) is 0 Å². The third-order valence-electron chi connectivity index (χ3n) is 3.77. The number of carboxylic acids is 1. The second kappa shape index (κ2) is 6.20. The molecule has 0 radical (unpaired) electrons. The van der Waals surface area contributed by atoms with Crippen LogP contribution >= 0.6 is 0 Å². The van der Waals surface area contributed by atoms with Gasteiger partial charge < -0.3 is 9.84 Å². The molecule has 5 heteroatoms. The third kappa shape index (κ3) is 3.37. The minimum atomic E-state index is -0.811. The Balaban J connectivity index is 1.74. The summed E-state index contributed by atoms with van der Waals surface area (Å²) in [5, 5.41) is 11.2. The van der Waals surface area contributed by atoms with Crippen LogP contribution in [0, 0.1) is 0 Å². The topological polar surface area (TPSA) is 62.7 Å². The molecule has 1 aliphatic rings. The lowest BCUT2D eigenvalue weighted by atomic mass is 10.1. The van der Waals surface area contributed by atoms with E-state index in [9.17, 15) is 4.79 Å². The highest BCUT2D eigenvalue weighted by atomic mass is 16.5. The van der Waals surface area contributed by atoms with E-state index in [0.717, 1.165) is 18.5 Å². The van der Waals surface area contributed by atoms with Gasteiger partial charge in [0, 0.05) is 37.4 Å². The molecule has 1 fully saturated rings. The van der Waals surface area contributed by atoms with Gasteiger partial charge >= 0.3 is 5.97 Å². The number of rotatable bonds is 4. The molecule has 2 heterocycles. The summed E-state index contributed by atoms with van der Waals surface area (Å²) >= 11 is 0. The van der Waals surface area contributed by atoms with Crippen LogP contribution < -0.4 is 0 Å². The van der Waals surface area contributed by atoms with Crippen LogP contribution in [0.3, 0.4) is 0 Å². The molecule has 3 rings (SSSR count). The maximum Gasteiger partial charge on any atom is 0.306 e. The Hall–Kier alpha value is -1.98. The number of morpholine rings is 1. The van der Waals surface area contributed by atoms with Crippen LogP contribution in [0.5, 0.6) is 0 Å². The fourth-order valence-electron chi connectivity index (χ4n) is 2.79. The molecule has 1 atom stereocenters. The molecule has 21 heavy (non-hydrogen) atoms. The van der Waals surface area contributed by atoms with E-state index in [4.69, 9.17) is 9.84 Å². The third-order valence-corrected chi connectivity index (χ3v) is 3.77. The van der Waals surface area contributed by atoms with E-state index in [-0.39, 0.29) is 12.5 Å². The van der Waals surface area contributed by atoms with Gasteiger partial charge in [-0.1, -0.05) is 24.3 Å². The molecule has 0 saturated carbocycles. The van der Waals surface area contributed by atoms with Gasteiger partial charge in [-0.15, -0.1) is 0 Å². The molecule has 0 spiro atoms. The van der Waals surface area contributed by atoms with Crippen LogP contribution in [-0.2, 0) is 16.1 Å². The van der Waals surface area contributed by atoms with Gasteiger partial charge in [-0.3, -0.25) is 14.7 Å². The van der Waals surface area contributed by atoms with Gasteiger partial charge in [0.15, 0.2) is 0 Å². The molecule has 5 nitrogen and oxygen atoms in total. The molecule has 1 saturated heterocycles. The summed E-state index contributed by atoms with van der Waals surface area (Å²) in [6, 6.07) is 8.18. The lowest BCUT2D eigenvalue weighted by Crippen LogP contribution is -2.42. The minimum absolute atomic E-state index is 0.0598. The number of pyridine rings is 1. The van der Waals surface area contributed by atoms with Gasteiger partial charge in [-0.25, -0.2) is 0 Å². The highest BCUT2D eigenvalue weighted by molar-refractivity contribution is 5.84. The van der Waals surface area contributed by atoms with Crippen molar-refractivity contribution in [3.63, 3.8) is 0 Å². The van der Waals surface area contributed by atoms with Crippen LogP contribution in [0.2, 0.25) is 0 Å².